The van der Waals surface area contributed by atoms with Gasteiger partial charge in [-0.25, -0.2) is 0 Å². The van der Waals surface area contributed by atoms with Gasteiger partial charge in [0.05, 0.1) is 12.8 Å². The summed E-state index contributed by atoms with van der Waals surface area (Å²) in [6.45, 7) is 4.34. The Morgan fingerprint density at radius 1 is 1.33 bits per heavy atom. The summed E-state index contributed by atoms with van der Waals surface area (Å²) >= 11 is 0. The van der Waals surface area contributed by atoms with Crippen LogP contribution < -0.4 is 10.6 Å². The van der Waals surface area contributed by atoms with E-state index in [1.807, 2.05) is 25.1 Å². The molecule has 1 atom stereocenters. The van der Waals surface area contributed by atoms with Crippen LogP contribution in [0.25, 0.3) is 0 Å². The highest BCUT2D eigenvalue weighted by Crippen LogP contribution is 2.14. The van der Waals surface area contributed by atoms with Gasteiger partial charge in [0.2, 0.25) is 0 Å². The van der Waals surface area contributed by atoms with Crippen molar-refractivity contribution in [2.75, 3.05) is 0 Å². The highest BCUT2D eigenvalue weighted by molar-refractivity contribution is 5.97. The molecule has 0 fully saturated rings. The van der Waals surface area contributed by atoms with Gasteiger partial charge in [0.25, 0.3) is 5.91 Å². The van der Waals surface area contributed by atoms with E-state index in [4.69, 9.17) is 9.68 Å². The maximum Gasteiger partial charge on any atom is 0.263 e. The quantitative estimate of drug-likeness (QED) is 0.606. The predicted octanol–water partition coefficient (Wildman–Crippen LogP) is 3.22. The minimum atomic E-state index is -0.435. The number of hydrogen-bond donors (Lipinski definition) is 2. The molecule has 2 rings (SSSR count). The van der Waals surface area contributed by atoms with Gasteiger partial charge in [0.15, 0.2) is 0 Å². The van der Waals surface area contributed by atoms with Gasteiger partial charge in [0, 0.05) is 12.2 Å². The number of nitrogens with zero attached hydrogens (tertiary/aromatic N) is 1. The Hall–Kier alpha value is -3.00. The molecule has 1 heterocycles. The van der Waals surface area contributed by atoms with Crippen molar-refractivity contribution < 1.29 is 9.21 Å². The van der Waals surface area contributed by atoms with Gasteiger partial charge in [-0.3, -0.25) is 4.79 Å². The third-order valence-electron chi connectivity index (χ3n) is 3.73. The molecule has 1 aromatic heterocycles. The number of furan rings is 1. The van der Waals surface area contributed by atoms with Crippen molar-refractivity contribution >= 4 is 5.91 Å². The Labute approximate surface area is 142 Å². The number of hydrogen-bond acceptors (Lipinski definition) is 4. The monoisotopic (exact) mass is 323 g/mol. The van der Waals surface area contributed by atoms with Gasteiger partial charge in [-0.1, -0.05) is 31.2 Å². The van der Waals surface area contributed by atoms with E-state index in [1.54, 1.807) is 12.1 Å². The molecule has 0 saturated heterocycles. The molecular weight excluding hydrogens is 302 g/mol. The Balaban J connectivity index is 1.93. The van der Waals surface area contributed by atoms with Crippen LogP contribution in [-0.2, 0) is 17.8 Å². The van der Waals surface area contributed by atoms with Crippen molar-refractivity contribution in [3.63, 3.8) is 0 Å². The van der Waals surface area contributed by atoms with Crippen LogP contribution in [-0.4, -0.2) is 5.91 Å². The Morgan fingerprint density at radius 3 is 2.67 bits per heavy atom. The van der Waals surface area contributed by atoms with E-state index >= 15 is 0 Å². The van der Waals surface area contributed by atoms with E-state index in [2.05, 4.69) is 29.7 Å². The van der Waals surface area contributed by atoms with Crippen LogP contribution in [0.1, 0.15) is 36.8 Å². The summed E-state index contributed by atoms with van der Waals surface area (Å²) in [7, 11) is 0. The zero-order valence-corrected chi connectivity index (χ0v) is 13.9. The summed E-state index contributed by atoms with van der Waals surface area (Å²) < 4.78 is 5.14. The fraction of sp³-hybridized carbons (Fsp3) is 0.263. The van der Waals surface area contributed by atoms with Crippen LogP contribution in [0, 0.1) is 11.3 Å². The van der Waals surface area contributed by atoms with E-state index < -0.39 is 5.91 Å². The van der Waals surface area contributed by atoms with Crippen molar-refractivity contribution in [3.8, 4) is 6.07 Å². The molecule has 0 radical (unpaired) electrons. The van der Waals surface area contributed by atoms with Crippen molar-refractivity contribution in [1.82, 2.24) is 10.6 Å². The number of nitrogens with one attached hydrogen (secondary N) is 2. The molecule has 0 bridgehead atoms. The average Bonchev–Trinajstić information content (AvgIpc) is 3.14. The normalized spacial score (nSPS) is 12.3. The standard InChI is InChI=1S/C19H21N3O2/c1-3-15-6-8-16(9-7-15)14(2)21-12-17(11-20)19(23)22-13-18-5-4-10-24-18/h4-10,12,14,21H,3,13H2,1-2H3,(H,22,23)/b17-12-. The molecule has 0 aliphatic carbocycles. The smallest absolute Gasteiger partial charge is 0.263 e. The molecule has 0 aliphatic heterocycles. The molecule has 1 aromatic carbocycles. The van der Waals surface area contributed by atoms with Gasteiger partial charge >= 0.3 is 0 Å². The summed E-state index contributed by atoms with van der Waals surface area (Å²) in [5, 5.41) is 14.9. The van der Waals surface area contributed by atoms with Gasteiger partial charge < -0.3 is 15.1 Å². The first-order valence-corrected chi connectivity index (χ1v) is 7.89. The SMILES string of the molecule is CCc1ccc(C(C)N/C=C(/C#N)C(=O)NCc2ccco2)cc1. The second kappa shape index (κ2) is 8.59. The predicted molar refractivity (Wildman–Crippen MR) is 91.6 cm³/mol. The lowest BCUT2D eigenvalue weighted by Crippen LogP contribution is -2.25. The zero-order valence-electron chi connectivity index (χ0n) is 13.9. The Kier molecular flexibility index (Phi) is 6.21. The molecule has 24 heavy (non-hydrogen) atoms. The van der Waals surface area contributed by atoms with Crippen LogP contribution in [0.4, 0.5) is 0 Å². The fourth-order valence-electron chi connectivity index (χ4n) is 2.17. The van der Waals surface area contributed by atoms with Crippen molar-refractivity contribution in [2.24, 2.45) is 0 Å². The molecule has 1 unspecified atom stereocenters. The number of amides is 1. The van der Waals surface area contributed by atoms with Crippen molar-refractivity contribution in [3.05, 3.63) is 71.3 Å². The topological polar surface area (TPSA) is 78.1 Å². The van der Waals surface area contributed by atoms with E-state index in [0.29, 0.717) is 5.76 Å². The third kappa shape index (κ3) is 4.75. The second-order valence-corrected chi connectivity index (χ2v) is 5.42. The number of benzene rings is 1. The van der Waals surface area contributed by atoms with Gasteiger partial charge in [-0.05, 0) is 36.6 Å². The molecule has 0 saturated carbocycles. The lowest BCUT2D eigenvalue weighted by atomic mass is 10.1. The van der Waals surface area contributed by atoms with E-state index in [0.717, 1.165) is 12.0 Å². The molecule has 5 heteroatoms. The highest BCUT2D eigenvalue weighted by atomic mass is 16.3. The van der Waals surface area contributed by atoms with Crippen LogP contribution in [0.5, 0.6) is 0 Å². The van der Waals surface area contributed by atoms with Crippen LogP contribution in [0.15, 0.2) is 58.9 Å². The van der Waals surface area contributed by atoms with Crippen LogP contribution in [0.3, 0.4) is 0 Å². The maximum absolute atomic E-state index is 12.0. The second-order valence-electron chi connectivity index (χ2n) is 5.42. The summed E-state index contributed by atoms with van der Waals surface area (Å²) in [6.07, 6.45) is 3.99. The molecule has 5 nitrogen and oxygen atoms in total. The molecule has 124 valence electrons. The highest BCUT2D eigenvalue weighted by Gasteiger charge is 2.10. The molecular formula is C19H21N3O2. The first-order chi connectivity index (χ1) is 11.6. The maximum atomic E-state index is 12.0. The summed E-state index contributed by atoms with van der Waals surface area (Å²) in [6, 6.07) is 13.7. The fourth-order valence-corrected chi connectivity index (χ4v) is 2.17. The summed E-state index contributed by atoms with van der Waals surface area (Å²) in [4.78, 5) is 12.0. The number of carbonyl (C=O) groups is 1. The Morgan fingerprint density at radius 2 is 2.08 bits per heavy atom. The number of rotatable bonds is 7. The number of aryl methyl sites for hydroxylation is 1. The first-order valence-electron chi connectivity index (χ1n) is 7.89. The molecule has 0 aliphatic rings. The average molecular weight is 323 g/mol. The minimum Gasteiger partial charge on any atom is -0.467 e. The number of carbonyl (C=O) groups excluding carboxylic acids is 1. The van der Waals surface area contributed by atoms with E-state index in [9.17, 15) is 4.79 Å². The van der Waals surface area contributed by atoms with E-state index in [1.165, 1.54) is 18.0 Å². The van der Waals surface area contributed by atoms with Crippen LogP contribution >= 0.6 is 0 Å². The van der Waals surface area contributed by atoms with Gasteiger partial charge in [-0.2, -0.15) is 5.26 Å². The summed E-state index contributed by atoms with van der Waals surface area (Å²) in [5.74, 6) is 0.202. The zero-order chi connectivity index (χ0) is 17.4. The molecule has 2 N–H and O–H groups in total. The first kappa shape index (κ1) is 17.4. The van der Waals surface area contributed by atoms with E-state index in [-0.39, 0.29) is 18.2 Å². The van der Waals surface area contributed by atoms with Gasteiger partial charge in [0.1, 0.15) is 17.4 Å². The molecule has 1 amide bonds. The largest absolute Gasteiger partial charge is 0.467 e. The lowest BCUT2D eigenvalue weighted by Gasteiger charge is -2.13. The third-order valence-corrected chi connectivity index (χ3v) is 3.73. The lowest BCUT2D eigenvalue weighted by molar-refractivity contribution is -0.117. The molecule has 0 spiro atoms. The minimum absolute atomic E-state index is 0.00266. The van der Waals surface area contributed by atoms with Crippen LogP contribution in [0.2, 0.25) is 0 Å². The van der Waals surface area contributed by atoms with Crippen molar-refractivity contribution in [1.29, 1.82) is 5.26 Å². The van der Waals surface area contributed by atoms with Gasteiger partial charge in [-0.15, -0.1) is 0 Å². The Bertz CT molecular complexity index is 725. The van der Waals surface area contributed by atoms with Crippen molar-refractivity contribution in [2.45, 2.75) is 32.9 Å². The molecule has 2 aromatic rings. The number of nitriles is 1. The summed E-state index contributed by atoms with van der Waals surface area (Å²) in [5.41, 5.74) is 2.40.